The van der Waals surface area contributed by atoms with Gasteiger partial charge in [0.25, 0.3) is 0 Å². The second-order valence-corrected chi connectivity index (χ2v) is 18.1. The molecule has 2 aromatic carbocycles. The Morgan fingerprint density at radius 3 is 2.65 bits per heavy atom. The lowest BCUT2D eigenvalue weighted by atomic mass is 10.1. The van der Waals surface area contributed by atoms with Gasteiger partial charge in [-0.05, 0) is 60.7 Å². The maximum absolute atomic E-state index is 11.7. The van der Waals surface area contributed by atoms with E-state index in [1.807, 2.05) is 47.4 Å². The molecule has 2 aromatic heterocycles. The first-order chi connectivity index (χ1) is 19.1. The molecular weight excluding hydrogens is 656 g/mol. The summed E-state index contributed by atoms with van der Waals surface area (Å²) in [5, 5.41) is 19.9. The third-order valence-electron chi connectivity index (χ3n) is 6.59. The summed E-state index contributed by atoms with van der Waals surface area (Å²) in [6, 6.07) is 15.0. The summed E-state index contributed by atoms with van der Waals surface area (Å²) in [5.74, 6) is -1.04. The van der Waals surface area contributed by atoms with Gasteiger partial charge in [0.1, 0.15) is 13.0 Å². The minimum Gasteiger partial charge on any atom is -0.476 e. The standard InChI is InChI=1S/C22H30N4O4Si.C7H6Br2/c1-31(2,3)11-10-29-15-26-19-12-16(7-8-18(19)21(24-26)22(27)28)17-13-23-25(14-17)20-6-4-5-9-30-20;8-5-6-2-1-3-7(9)4-6/h7-8,12-14,20H,4-6,9-11,15H2,1-3H3,(H,27,28);1-4H,5H2. The molecule has 0 bridgehead atoms. The molecule has 5 rings (SSSR count). The molecule has 1 saturated heterocycles. The van der Waals surface area contributed by atoms with E-state index in [0.717, 1.165) is 58.4 Å². The zero-order valence-electron chi connectivity index (χ0n) is 23.1. The number of carboxylic acids is 1. The third-order valence-corrected chi connectivity index (χ3v) is 9.44. The minimum absolute atomic E-state index is 0.0184. The SMILES string of the molecule is BrCc1cccc(Br)c1.C[Si](C)(C)CCOCn1nc(C(=O)O)c2ccc(-c3cnn(C4CCCCO4)c3)cc21. The predicted octanol–water partition coefficient (Wildman–Crippen LogP) is 7.95. The maximum Gasteiger partial charge on any atom is 0.357 e. The van der Waals surface area contributed by atoms with E-state index in [0.29, 0.717) is 12.0 Å². The number of hydrogen-bond acceptors (Lipinski definition) is 5. The second kappa shape index (κ2) is 14.0. The Balaban J connectivity index is 0.000000350. The van der Waals surface area contributed by atoms with Gasteiger partial charge in [-0.3, -0.25) is 0 Å². The summed E-state index contributed by atoms with van der Waals surface area (Å²) >= 11 is 6.75. The van der Waals surface area contributed by atoms with Crippen LogP contribution >= 0.6 is 31.9 Å². The predicted molar refractivity (Wildman–Crippen MR) is 168 cm³/mol. The molecule has 1 aliphatic heterocycles. The molecule has 0 saturated carbocycles. The lowest BCUT2D eigenvalue weighted by molar-refractivity contribution is -0.0394. The number of nitrogens with zero attached hydrogens (tertiary/aromatic N) is 4. The van der Waals surface area contributed by atoms with Crippen molar-refractivity contribution in [1.29, 1.82) is 0 Å². The number of benzene rings is 2. The Kier molecular flexibility index (Phi) is 10.8. The zero-order valence-corrected chi connectivity index (χ0v) is 27.3. The first kappa shape index (κ1) is 30.6. The van der Waals surface area contributed by atoms with E-state index in [9.17, 15) is 9.90 Å². The molecule has 8 nitrogen and oxygen atoms in total. The van der Waals surface area contributed by atoms with Crippen LogP contribution in [0.4, 0.5) is 0 Å². The van der Waals surface area contributed by atoms with E-state index in [2.05, 4.69) is 73.8 Å². The van der Waals surface area contributed by atoms with Gasteiger partial charge in [0.2, 0.25) is 0 Å². The van der Waals surface area contributed by atoms with Crippen LogP contribution in [-0.4, -0.2) is 51.9 Å². The van der Waals surface area contributed by atoms with Crippen LogP contribution in [0.1, 0.15) is 41.5 Å². The Morgan fingerprint density at radius 2 is 2.00 bits per heavy atom. The summed E-state index contributed by atoms with van der Waals surface area (Å²) in [4.78, 5) is 11.7. The van der Waals surface area contributed by atoms with Gasteiger partial charge in [-0.1, -0.05) is 69.7 Å². The number of hydrogen-bond donors (Lipinski definition) is 1. The number of aromatic nitrogens is 4. The van der Waals surface area contributed by atoms with Crippen LogP contribution < -0.4 is 0 Å². The monoisotopic (exact) mass is 690 g/mol. The number of carbonyl (C=O) groups is 1. The molecule has 1 atom stereocenters. The van der Waals surface area contributed by atoms with Gasteiger partial charge < -0.3 is 14.6 Å². The van der Waals surface area contributed by atoms with Crippen molar-refractivity contribution in [2.45, 2.75) is 63.2 Å². The molecular formula is C29H36Br2N4O4Si. The second-order valence-electron chi connectivity index (χ2n) is 11.0. The lowest BCUT2D eigenvalue weighted by Crippen LogP contribution is -2.22. The van der Waals surface area contributed by atoms with E-state index in [-0.39, 0.29) is 18.7 Å². The van der Waals surface area contributed by atoms with Gasteiger partial charge in [-0.25, -0.2) is 14.2 Å². The summed E-state index contributed by atoms with van der Waals surface area (Å²) in [6.45, 7) is 8.54. The fraction of sp³-hybridized carbons (Fsp3) is 0.414. The highest BCUT2D eigenvalue weighted by molar-refractivity contribution is 9.10. The molecule has 0 spiro atoms. The van der Waals surface area contributed by atoms with Crippen molar-refractivity contribution in [3.63, 3.8) is 0 Å². The summed E-state index contributed by atoms with van der Waals surface area (Å²) in [6.07, 6.45) is 6.99. The van der Waals surface area contributed by atoms with Crippen molar-refractivity contribution in [3.8, 4) is 11.1 Å². The highest BCUT2D eigenvalue weighted by Crippen LogP contribution is 2.29. The van der Waals surface area contributed by atoms with E-state index >= 15 is 0 Å². The maximum atomic E-state index is 11.7. The molecule has 0 amide bonds. The number of fused-ring (bicyclic) bond motifs is 1. The number of aromatic carboxylic acids is 1. The molecule has 1 unspecified atom stereocenters. The van der Waals surface area contributed by atoms with Gasteiger partial charge >= 0.3 is 5.97 Å². The van der Waals surface area contributed by atoms with Crippen molar-refractivity contribution in [1.82, 2.24) is 19.6 Å². The molecule has 11 heteroatoms. The Bertz CT molecular complexity index is 1430. The minimum atomic E-state index is -1.20. The van der Waals surface area contributed by atoms with Crippen LogP contribution in [0.25, 0.3) is 22.0 Å². The molecule has 0 radical (unpaired) electrons. The van der Waals surface area contributed by atoms with Crippen LogP contribution in [0.5, 0.6) is 0 Å². The van der Waals surface area contributed by atoms with Gasteiger partial charge in [-0.2, -0.15) is 10.2 Å². The molecule has 4 aromatic rings. The van der Waals surface area contributed by atoms with Gasteiger partial charge in [0.15, 0.2) is 5.69 Å². The van der Waals surface area contributed by atoms with E-state index in [1.165, 1.54) is 5.56 Å². The first-order valence-electron chi connectivity index (χ1n) is 13.4. The molecule has 40 heavy (non-hydrogen) atoms. The van der Waals surface area contributed by atoms with Crippen molar-refractivity contribution in [2.24, 2.45) is 0 Å². The smallest absolute Gasteiger partial charge is 0.357 e. The van der Waals surface area contributed by atoms with Crippen molar-refractivity contribution >= 4 is 56.8 Å². The average molecular weight is 693 g/mol. The number of halogens is 2. The summed E-state index contributed by atoms with van der Waals surface area (Å²) in [5.41, 5.74) is 3.99. The van der Waals surface area contributed by atoms with Crippen LogP contribution in [0, 0.1) is 0 Å². The van der Waals surface area contributed by atoms with Crippen molar-refractivity contribution in [2.75, 3.05) is 13.2 Å². The van der Waals surface area contributed by atoms with Crippen LogP contribution in [0.3, 0.4) is 0 Å². The molecule has 1 fully saturated rings. The normalized spacial score (nSPS) is 15.6. The largest absolute Gasteiger partial charge is 0.476 e. The quantitative estimate of drug-likeness (QED) is 0.109. The fourth-order valence-corrected chi connectivity index (χ4v) is 5.89. The number of alkyl halides is 1. The van der Waals surface area contributed by atoms with Gasteiger partial charge in [-0.15, -0.1) is 0 Å². The number of carboxylic acid groups (broad SMARTS) is 1. The van der Waals surface area contributed by atoms with Crippen molar-refractivity contribution in [3.05, 3.63) is 70.6 Å². The third kappa shape index (κ3) is 8.36. The summed E-state index contributed by atoms with van der Waals surface area (Å²) < 4.78 is 16.3. The van der Waals surface area contributed by atoms with Crippen LogP contribution in [0.15, 0.2) is 59.3 Å². The number of rotatable bonds is 9. The lowest BCUT2D eigenvalue weighted by Gasteiger charge is -2.22. The van der Waals surface area contributed by atoms with E-state index < -0.39 is 14.0 Å². The zero-order chi connectivity index (χ0) is 28.7. The highest BCUT2D eigenvalue weighted by Gasteiger charge is 2.20. The van der Waals surface area contributed by atoms with Gasteiger partial charge in [0, 0.05) is 48.2 Å². The Labute approximate surface area is 252 Å². The molecule has 3 heterocycles. The number of ether oxygens (including phenoxy) is 2. The van der Waals surface area contributed by atoms with Crippen molar-refractivity contribution < 1.29 is 19.4 Å². The molecule has 1 N–H and O–H groups in total. The van der Waals surface area contributed by atoms with E-state index in [1.54, 1.807) is 4.68 Å². The molecule has 0 aliphatic carbocycles. The topological polar surface area (TPSA) is 91.4 Å². The average Bonchev–Trinajstić information content (AvgIpc) is 3.57. The molecule has 214 valence electrons. The highest BCUT2D eigenvalue weighted by atomic mass is 79.9. The van der Waals surface area contributed by atoms with E-state index in [4.69, 9.17) is 9.47 Å². The Morgan fingerprint density at radius 1 is 1.18 bits per heavy atom. The fourth-order valence-electron chi connectivity index (χ4n) is 4.34. The molecule has 1 aliphatic rings. The summed E-state index contributed by atoms with van der Waals surface area (Å²) in [7, 11) is -1.20. The van der Waals surface area contributed by atoms with Crippen LogP contribution in [0.2, 0.25) is 25.7 Å². The van der Waals surface area contributed by atoms with Crippen LogP contribution in [-0.2, 0) is 21.5 Å². The van der Waals surface area contributed by atoms with Gasteiger partial charge in [0.05, 0.1) is 11.7 Å². The first-order valence-corrected chi connectivity index (χ1v) is 19.0. The Hall–Kier alpha value is -2.31.